The van der Waals surface area contributed by atoms with E-state index in [2.05, 4.69) is 160 Å². The summed E-state index contributed by atoms with van der Waals surface area (Å²) in [6.07, 6.45) is 1.82. The minimum Gasteiger partial charge on any atom is -0.454 e. The summed E-state index contributed by atoms with van der Waals surface area (Å²) in [5.41, 5.74) is 13.1. The van der Waals surface area contributed by atoms with Crippen molar-refractivity contribution in [2.45, 2.75) is 0 Å². The fourth-order valence-electron chi connectivity index (χ4n) is 8.57. The van der Waals surface area contributed by atoms with Crippen LogP contribution in [-0.4, -0.2) is 24.1 Å². The van der Waals surface area contributed by atoms with Gasteiger partial charge in [0.1, 0.15) is 16.9 Å². The molecule has 0 saturated carbocycles. The molecule has 0 atom stereocenters. The predicted octanol–water partition coefficient (Wildman–Crippen LogP) is 13.0. The minimum absolute atomic E-state index is 0.685. The fraction of sp³-hybridized carbons (Fsp3) is 0. The highest BCUT2D eigenvalue weighted by Crippen LogP contribution is 2.39. The van der Waals surface area contributed by atoms with Crippen LogP contribution in [0.1, 0.15) is 0 Å². The molecule has 12 rings (SSSR count). The SMILES string of the molecule is c1ccc(-c2cc(-n3c4ccccc4c4ccc(-c5ccc6c7ccccc7n(-c7ccc8oc9cccnc9c8c7)c6c5)cc43)nc(-c3ccccc3)n2)cc1. The van der Waals surface area contributed by atoms with Crippen LogP contribution in [0.15, 0.2) is 193 Å². The highest BCUT2D eigenvalue weighted by molar-refractivity contribution is 6.12. The summed E-state index contributed by atoms with van der Waals surface area (Å²) in [5.74, 6) is 1.50. The van der Waals surface area contributed by atoms with Crippen LogP contribution < -0.4 is 0 Å². The van der Waals surface area contributed by atoms with Gasteiger partial charge in [-0.3, -0.25) is 9.55 Å². The molecule has 0 aliphatic carbocycles. The molecule has 0 bridgehead atoms. The summed E-state index contributed by atoms with van der Waals surface area (Å²) in [6.45, 7) is 0. The molecule has 0 aliphatic heterocycles. The number of aromatic nitrogens is 5. The van der Waals surface area contributed by atoms with E-state index in [1.54, 1.807) is 0 Å². The maximum atomic E-state index is 6.15. The van der Waals surface area contributed by atoms with Crippen molar-refractivity contribution in [2.24, 2.45) is 0 Å². The molecule has 0 fully saturated rings. The molecule has 0 N–H and O–H groups in total. The van der Waals surface area contributed by atoms with Gasteiger partial charge in [-0.2, -0.15) is 0 Å². The second kappa shape index (κ2) is 12.3. The van der Waals surface area contributed by atoms with Crippen molar-refractivity contribution in [1.29, 1.82) is 0 Å². The van der Waals surface area contributed by atoms with Crippen molar-refractivity contribution in [3.63, 3.8) is 0 Å². The number of para-hydroxylation sites is 2. The first-order valence-electron chi connectivity index (χ1n) is 19.1. The van der Waals surface area contributed by atoms with Gasteiger partial charge in [0, 0.05) is 56.0 Å². The van der Waals surface area contributed by atoms with Gasteiger partial charge in [0.25, 0.3) is 0 Å². The Morgan fingerprint density at radius 3 is 1.72 bits per heavy atom. The molecule has 7 aromatic carbocycles. The van der Waals surface area contributed by atoms with Gasteiger partial charge < -0.3 is 8.98 Å². The number of fused-ring (bicyclic) bond motifs is 9. The number of benzene rings is 7. The van der Waals surface area contributed by atoms with E-state index in [1.807, 2.05) is 42.6 Å². The van der Waals surface area contributed by atoms with Gasteiger partial charge in [0.2, 0.25) is 0 Å². The standard InChI is InChI=1S/C51H31N5O/c1-3-12-32(13-4-1)42-31-49(54-51(53-42)33-14-5-2-6-15-33)56-44-19-10-8-17-38(44)40-25-22-35(29-46(40)56)34-21-24-39-37-16-7-9-18-43(37)55(45(39)28-34)36-23-26-47-41(30-36)50-48(57-47)20-11-27-52-50/h1-31H. The third kappa shape index (κ3) is 4.94. The molecule has 5 aromatic heterocycles. The van der Waals surface area contributed by atoms with Crippen LogP contribution in [-0.2, 0) is 0 Å². The van der Waals surface area contributed by atoms with Crippen molar-refractivity contribution in [1.82, 2.24) is 24.1 Å². The van der Waals surface area contributed by atoms with Crippen LogP contribution in [0.25, 0.3) is 111 Å². The molecule has 5 heterocycles. The zero-order chi connectivity index (χ0) is 37.5. The first kappa shape index (κ1) is 31.5. The highest BCUT2D eigenvalue weighted by atomic mass is 16.3. The van der Waals surface area contributed by atoms with E-state index >= 15 is 0 Å². The molecule has 0 saturated heterocycles. The van der Waals surface area contributed by atoms with Gasteiger partial charge in [-0.25, -0.2) is 9.97 Å². The van der Waals surface area contributed by atoms with Crippen molar-refractivity contribution in [2.75, 3.05) is 0 Å². The lowest BCUT2D eigenvalue weighted by atomic mass is 10.0. The summed E-state index contributed by atoms with van der Waals surface area (Å²) < 4.78 is 10.8. The van der Waals surface area contributed by atoms with Crippen molar-refractivity contribution >= 4 is 65.7 Å². The lowest BCUT2D eigenvalue weighted by molar-refractivity contribution is 0.668. The number of hydrogen-bond donors (Lipinski definition) is 0. The van der Waals surface area contributed by atoms with Gasteiger partial charge in [0.05, 0.1) is 27.8 Å². The molecule has 0 aliphatic rings. The average molecular weight is 730 g/mol. The normalized spacial score (nSPS) is 11.9. The van der Waals surface area contributed by atoms with Crippen LogP contribution in [0.3, 0.4) is 0 Å². The quantitative estimate of drug-likeness (QED) is 0.177. The average Bonchev–Trinajstić information content (AvgIpc) is 3.93. The smallest absolute Gasteiger partial charge is 0.162 e. The van der Waals surface area contributed by atoms with E-state index in [9.17, 15) is 0 Å². The topological polar surface area (TPSA) is 61.7 Å². The Bertz CT molecular complexity index is 3470. The van der Waals surface area contributed by atoms with Gasteiger partial charge in [-0.05, 0) is 65.7 Å². The largest absolute Gasteiger partial charge is 0.454 e. The summed E-state index contributed by atoms with van der Waals surface area (Å²) in [5, 5.41) is 5.74. The number of nitrogens with zero attached hydrogens (tertiary/aromatic N) is 5. The molecule has 0 amide bonds. The van der Waals surface area contributed by atoms with Crippen LogP contribution in [0.4, 0.5) is 0 Å². The Labute approximate surface area is 326 Å². The van der Waals surface area contributed by atoms with E-state index in [1.165, 1.54) is 21.5 Å². The molecular weight excluding hydrogens is 699 g/mol. The Morgan fingerprint density at radius 2 is 1.00 bits per heavy atom. The van der Waals surface area contributed by atoms with E-state index in [-0.39, 0.29) is 0 Å². The molecule has 0 unspecified atom stereocenters. The maximum Gasteiger partial charge on any atom is 0.162 e. The minimum atomic E-state index is 0.685. The fourth-order valence-corrected chi connectivity index (χ4v) is 8.57. The molecule has 266 valence electrons. The number of furan rings is 1. The van der Waals surface area contributed by atoms with Crippen LogP contribution in [0.5, 0.6) is 0 Å². The van der Waals surface area contributed by atoms with E-state index in [0.29, 0.717) is 5.82 Å². The van der Waals surface area contributed by atoms with E-state index < -0.39 is 0 Å². The second-order valence-corrected chi connectivity index (χ2v) is 14.5. The molecule has 0 radical (unpaired) electrons. The van der Waals surface area contributed by atoms with Gasteiger partial charge in [-0.1, -0.05) is 121 Å². The number of hydrogen-bond acceptors (Lipinski definition) is 4. The van der Waals surface area contributed by atoms with Gasteiger partial charge in [-0.15, -0.1) is 0 Å². The van der Waals surface area contributed by atoms with Crippen LogP contribution in [0.2, 0.25) is 0 Å². The van der Waals surface area contributed by atoms with E-state index in [0.717, 1.165) is 83.6 Å². The molecule has 57 heavy (non-hydrogen) atoms. The number of pyridine rings is 1. The van der Waals surface area contributed by atoms with Crippen LogP contribution >= 0.6 is 0 Å². The Hall–Kier alpha value is -7.83. The van der Waals surface area contributed by atoms with Gasteiger partial charge in [0.15, 0.2) is 11.4 Å². The summed E-state index contributed by atoms with van der Waals surface area (Å²) >= 11 is 0. The van der Waals surface area contributed by atoms with E-state index in [4.69, 9.17) is 14.4 Å². The lowest BCUT2D eigenvalue weighted by Gasteiger charge is -2.13. The Kier molecular flexibility index (Phi) is 6.83. The Balaban J connectivity index is 1.08. The van der Waals surface area contributed by atoms with Crippen molar-refractivity contribution in [3.8, 4) is 45.3 Å². The predicted molar refractivity (Wildman–Crippen MR) is 232 cm³/mol. The molecule has 0 spiro atoms. The first-order valence-corrected chi connectivity index (χ1v) is 19.1. The first-order chi connectivity index (χ1) is 28.2. The zero-order valence-corrected chi connectivity index (χ0v) is 30.5. The highest BCUT2D eigenvalue weighted by Gasteiger charge is 2.19. The third-order valence-electron chi connectivity index (χ3n) is 11.2. The molecule has 12 aromatic rings. The summed E-state index contributed by atoms with van der Waals surface area (Å²) in [6, 6.07) is 63.8. The van der Waals surface area contributed by atoms with Crippen molar-refractivity contribution in [3.05, 3.63) is 188 Å². The summed E-state index contributed by atoms with van der Waals surface area (Å²) in [7, 11) is 0. The monoisotopic (exact) mass is 729 g/mol. The maximum absolute atomic E-state index is 6.15. The van der Waals surface area contributed by atoms with Gasteiger partial charge >= 0.3 is 0 Å². The Morgan fingerprint density at radius 1 is 0.386 bits per heavy atom. The number of rotatable bonds is 5. The molecule has 6 nitrogen and oxygen atoms in total. The third-order valence-corrected chi connectivity index (χ3v) is 11.2. The zero-order valence-electron chi connectivity index (χ0n) is 30.5. The molecular formula is C51H31N5O. The molecule has 6 heteroatoms. The van der Waals surface area contributed by atoms with Crippen molar-refractivity contribution < 1.29 is 4.42 Å². The summed E-state index contributed by atoms with van der Waals surface area (Å²) in [4.78, 5) is 15.0. The lowest BCUT2D eigenvalue weighted by Crippen LogP contribution is -2.02. The van der Waals surface area contributed by atoms with Crippen LogP contribution in [0, 0.1) is 0 Å². The second-order valence-electron chi connectivity index (χ2n) is 14.5.